The first-order chi connectivity index (χ1) is 10.9. The summed E-state index contributed by atoms with van der Waals surface area (Å²) >= 11 is 0. The van der Waals surface area contributed by atoms with Crippen molar-refractivity contribution in [2.24, 2.45) is 0 Å². The highest BCUT2D eigenvalue weighted by Crippen LogP contribution is 2.22. The zero-order chi connectivity index (χ0) is 17.0. The lowest BCUT2D eigenvalue weighted by Gasteiger charge is -2.39. The third kappa shape index (κ3) is 4.37. The van der Waals surface area contributed by atoms with E-state index in [2.05, 4.69) is 0 Å². The molecular weight excluding hydrogens is 310 g/mol. The monoisotopic (exact) mass is 330 g/mol. The number of ether oxygens (including phenoxy) is 2. The van der Waals surface area contributed by atoms with E-state index in [9.17, 15) is 20.5 Å². The molecule has 9 nitrogen and oxygen atoms in total. The molecule has 1 aliphatic heterocycles. The van der Waals surface area contributed by atoms with Crippen molar-refractivity contribution in [2.45, 2.75) is 37.1 Å². The molecule has 5 atom stereocenters. The lowest BCUT2D eigenvalue weighted by Crippen LogP contribution is -2.59. The Hall–Kier alpha value is -1.30. The first-order valence-electron chi connectivity index (χ1n) is 7.11. The number of benzene rings is 1. The van der Waals surface area contributed by atoms with Gasteiger partial charge in [-0.2, -0.15) is 0 Å². The average molecular weight is 330 g/mol. The van der Waals surface area contributed by atoms with Gasteiger partial charge in [-0.15, -0.1) is 0 Å². The zero-order valence-electron chi connectivity index (χ0n) is 12.2. The summed E-state index contributed by atoms with van der Waals surface area (Å²) in [7, 11) is 0. The van der Waals surface area contributed by atoms with E-state index in [0.717, 1.165) is 5.56 Å². The molecule has 0 unspecified atom stereocenters. The van der Waals surface area contributed by atoms with Crippen LogP contribution < -0.4 is 5.23 Å². The maximum Gasteiger partial charge on any atom is 0.186 e. The Labute approximate surface area is 132 Å². The summed E-state index contributed by atoms with van der Waals surface area (Å²) in [5, 5.41) is 57.3. The summed E-state index contributed by atoms with van der Waals surface area (Å²) in [5.41, 5.74) is 0.920. The third-order valence-electron chi connectivity index (χ3n) is 3.68. The van der Waals surface area contributed by atoms with Crippen molar-refractivity contribution in [1.29, 1.82) is 0 Å². The maximum absolute atomic E-state index is 10.7. The highest BCUT2D eigenvalue weighted by Gasteiger charge is 2.43. The fraction of sp³-hybridized carbons (Fsp3) is 0.571. The van der Waals surface area contributed by atoms with Crippen LogP contribution in [-0.2, 0) is 15.9 Å². The summed E-state index contributed by atoms with van der Waals surface area (Å²) in [4.78, 5) is 0. The Bertz CT molecular complexity index is 480. The standard InChI is InChI=1S/C14H20NO8/c16-7-10-11(17)12(18)13(19)14(23-10)22-6-5-8-1-3-9(4-2-8)15(20)21/h1-4,10-14,16-20H,5-7H2/q-1/t10-,11-,12+,13-,14-/m1/s1. The summed E-state index contributed by atoms with van der Waals surface area (Å²) in [6.07, 6.45) is -6.07. The molecule has 0 spiro atoms. The molecule has 9 heteroatoms. The van der Waals surface area contributed by atoms with E-state index in [4.69, 9.17) is 19.8 Å². The Kier molecular flexibility index (Phi) is 6.27. The van der Waals surface area contributed by atoms with Gasteiger partial charge in [0.15, 0.2) is 6.29 Å². The van der Waals surface area contributed by atoms with Crippen LogP contribution in [0.5, 0.6) is 0 Å². The zero-order valence-corrected chi connectivity index (χ0v) is 12.2. The largest absolute Gasteiger partial charge is 0.733 e. The molecule has 0 aromatic heterocycles. The van der Waals surface area contributed by atoms with Crippen molar-refractivity contribution in [3.63, 3.8) is 0 Å². The van der Waals surface area contributed by atoms with E-state index in [1.165, 1.54) is 12.1 Å². The van der Waals surface area contributed by atoms with Gasteiger partial charge in [-0.25, -0.2) is 0 Å². The molecule has 2 rings (SSSR count). The predicted octanol–water partition coefficient (Wildman–Crippen LogP) is -1.26. The highest BCUT2D eigenvalue weighted by molar-refractivity contribution is 5.45. The van der Waals surface area contributed by atoms with Gasteiger partial charge in [-0.3, -0.25) is 5.21 Å². The number of aliphatic hydroxyl groups excluding tert-OH is 4. The van der Waals surface area contributed by atoms with Gasteiger partial charge in [0.2, 0.25) is 0 Å². The van der Waals surface area contributed by atoms with Gasteiger partial charge in [0, 0.05) is 0 Å². The Morgan fingerprint density at radius 1 is 1.09 bits per heavy atom. The second-order valence-corrected chi connectivity index (χ2v) is 5.26. The van der Waals surface area contributed by atoms with Crippen LogP contribution in [0.25, 0.3) is 0 Å². The third-order valence-corrected chi connectivity index (χ3v) is 3.68. The fourth-order valence-electron chi connectivity index (χ4n) is 2.29. The van der Waals surface area contributed by atoms with Crippen LogP contribution in [0.15, 0.2) is 24.3 Å². The number of hydrogen-bond acceptors (Lipinski definition) is 9. The Balaban J connectivity index is 1.85. The van der Waals surface area contributed by atoms with Gasteiger partial charge < -0.3 is 40.3 Å². The molecule has 130 valence electrons. The minimum Gasteiger partial charge on any atom is -0.733 e. The van der Waals surface area contributed by atoms with E-state index in [1.54, 1.807) is 12.1 Å². The first-order valence-corrected chi connectivity index (χ1v) is 7.11. The Morgan fingerprint density at radius 3 is 2.30 bits per heavy atom. The first kappa shape index (κ1) is 18.0. The van der Waals surface area contributed by atoms with Crippen LogP contribution in [0.2, 0.25) is 0 Å². The van der Waals surface area contributed by atoms with Crippen LogP contribution >= 0.6 is 0 Å². The molecular formula is C14H20NO8-. The average Bonchev–Trinajstić information content (AvgIpc) is 2.55. The van der Waals surface area contributed by atoms with Crippen LogP contribution in [0.3, 0.4) is 0 Å². The lowest BCUT2D eigenvalue weighted by molar-refractivity contribution is -0.300. The number of hydrogen-bond donors (Lipinski definition) is 5. The van der Waals surface area contributed by atoms with Gasteiger partial charge in [0.05, 0.1) is 18.9 Å². The van der Waals surface area contributed by atoms with Crippen LogP contribution in [-0.4, -0.2) is 69.6 Å². The van der Waals surface area contributed by atoms with Gasteiger partial charge in [0.1, 0.15) is 24.4 Å². The molecule has 0 radical (unpaired) electrons. The number of rotatable bonds is 6. The molecule has 0 aliphatic carbocycles. The van der Waals surface area contributed by atoms with Crippen molar-refractivity contribution in [3.8, 4) is 0 Å². The van der Waals surface area contributed by atoms with E-state index in [0.29, 0.717) is 6.42 Å². The minimum atomic E-state index is -1.47. The van der Waals surface area contributed by atoms with Gasteiger partial charge in [0.25, 0.3) is 0 Å². The molecule has 5 N–H and O–H groups in total. The normalized spacial score (nSPS) is 31.1. The summed E-state index contributed by atoms with van der Waals surface area (Å²) in [5.74, 6) is 0. The molecule has 1 heterocycles. The number of nitrogens with zero attached hydrogens (tertiary/aromatic N) is 1. The number of anilines is 1. The van der Waals surface area contributed by atoms with E-state index >= 15 is 0 Å². The van der Waals surface area contributed by atoms with Crippen molar-refractivity contribution in [2.75, 3.05) is 18.4 Å². The quantitative estimate of drug-likeness (QED) is 0.403. The molecule has 1 fully saturated rings. The van der Waals surface area contributed by atoms with Gasteiger partial charge in [-0.05, 0) is 24.1 Å². The summed E-state index contributed by atoms with van der Waals surface area (Å²) in [6.45, 7) is -0.374. The van der Waals surface area contributed by atoms with Crippen molar-refractivity contribution >= 4 is 5.69 Å². The molecule has 0 amide bonds. The van der Waals surface area contributed by atoms with E-state index < -0.39 is 37.3 Å². The fourth-order valence-corrected chi connectivity index (χ4v) is 2.29. The minimum absolute atomic E-state index is 0.101. The molecule has 1 aliphatic rings. The van der Waals surface area contributed by atoms with Gasteiger partial charge in [-0.1, -0.05) is 12.1 Å². The molecule has 23 heavy (non-hydrogen) atoms. The Morgan fingerprint density at radius 2 is 1.74 bits per heavy atom. The van der Waals surface area contributed by atoms with Crippen molar-refractivity contribution in [1.82, 2.24) is 0 Å². The molecule has 1 aromatic carbocycles. The lowest BCUT2D eigenvalue weighted by atomic mass is 9.99. The molecule has 0 saturated carbocycles. The molecule has 0 bridgehead atoms. The van der Waals surface area contributed by atoms with Crippen LogP contribution in [0, 0.1) is 5.21 Å². The molecule has 1 aromatic rings. The van der Waals surface area contributed by atoms with Crippen LogP contribution in [0.4, 0.5) is 5.69 Å². The number of aliphatic hydroxyl groups is 4. The second kappa shape index (κ2) is 7.99. The second-order valence-electron chi connectivity index (χ2n) is 5.26. The van der Waals surface area contributed by atoms with E-state index in [-0.39, 0.29) is 17.5 Å². The predicted molar refractivity (Wildman–Crippen MR) is 77.5 cm³/mol. The summed E-state index contributed by atoms with van der Waals surface area (Å²) < 4.78 is 10.6. The van der Waals surface area contributed by atoms with E-state index in [1.807, 2.05) is 0 Å². The highest BCUT2D eigenvalue weighted by atomic mass is 16.8. The summed E-state index contributed by atoms with van der Waals surface area (Å²) in [6, 6.07) is 6.15. The van der Waals surface area contributed by atoms with Crippen molar-refractivity contribution in [3.05, 3.63) is 35.0 Å². The topological polar surface area (TPSA) is 146 Å². The SMILES string of the molecule is [O-]N(O)c1ccc(CCO[C@@H]2O[C@H](CO)[C@@H](O)[C@H](O)[C@H]2O)cc1. The van der Waals surface area contributed by atoms with Crippen LogP contribution in [0.1, 0.15) is 5.56 Å². The molecule has 1 saturated heterocycles. The van der Waals surface area contributed by atoms with Crippen molar-refractivity contribution < 1.29 is 35.1 Å². The smallest absolute Gasteiger partial charge is 0.186 e. The van der Waals surface area contributed by atoms with Gasteiger partial charge >= 0.3 is 0 Å². The maximum atomic E-state index is 10.7.